The summed E-state index contributed by atoms with van der Waals surface area (Å²) in [6.45, 7) is -0.730. The minimum absolute atomic E-state index is 0.104. The van der Waals surface area contributed by atoms with Crippen LogP contribution in [0.5, 0.6) is 0 Å². The fourth-order valence-corrected chi connectivity index (χ4v) is 2.47. The lowest BCUT2D eigenvalue weighted by Gasteiger charge is -2.30. The number of nitrogens with one attached hydrogen (secondary N) is 1. The number of nitrogens with zero attached hydrogens (tertiary/aromatic N) is 1. The summed E-state index contributed by atoms with van der Waals surface area (Å²) in [4.78, 5) is 0. The first-order chi connectivity index (χ1) is 9.96. The summed E-state index contributed by atoms with van der Waals surface area (Å²) < 4.78 is 46.6. The van der Waals surface area contributed by atoms with Gasteiger partial charge in [0.2, 0.25) is 5.76 Å². The monoisotopic (exact) mass is 302 g/mol. The fourth-order valence-electron chi connectivity index (χ4n) is 2.47. The van der Waals surface area contributed by atoms with Gasteiger partial charge in [0, 0.05) is 6.04 Å². The van der Waals surface area contributed by atoms with E-state index in [0.717, 1.165) is 12.8 Å². The summed E-state index contributed by atoms with van der Waals surface area (Å²) in [5.74, 6) is 0.895. The minimum Gasteiger partial charge on any atom is -0.449 e. The predicted molar refractivity (Wildman–Crippen MR) is 68.3 cm³/mol. The second-order valence-electron chi connectivity index (χ2n) is 5.17. The molecule has 0 aliphatic heterocycles. The molecule has 0 aromatic carbocycles. The zero-order chi connectivity index (χ0) is 15.3. The van der Waals surface area contributed by atoms with E-state index in [1.165, 1.54) is 0 Å². The summed E-state index contributed by atoms with van der Waals surface area (Å²) in [5.41, 5.74) is 0. The minimum atomic E-state index is -4.28. The lowest BCUT2D eigenvalue weighted by molar-refractivity contribution is -0.188. The van der Waals surface area contributed by atoms with E-state index in [1.54, 1.807) is 12.1 Å². The normalized spacial score (nSPS) is 23.0. The van der Waals surface area contributed by atoms with Crippen LogP contribution in [0.1, 0.15) is 37.2 Å². The zero-order valence-corrected chi connectivity index (χ0v) is 11.4. The van der Waals surface area contributed by atoms with Crippen LogP contribution in [0.4, 0.5) is 13.2 Å². The maximum absolute atomic E-state index is 12.1. The van der Waals surface area contributed by atoms with Crippen LogP contribution in [0, 0.1) is 11.3 Å². The molecule has 116 valence electrons. The maximum Gasteiger partial charge on any atom is 0.411 e. The van der Waals surface area contributed by atoms with E-state index in [9.17, 15) is 13.2 Å². The van der Waals surface area contributed by atoms with Crippen LogP contribution in [-0.4, -0.2) is 24.9 Å². The molecule has 4 nitrogen and oxygen atoms in total. The van der Waals surface area contributed by atoms with Gasteiger partial charge in [-0.25, -0.2) is 0 Å². The highest BCUT2D eigenvalue weighted by molar-refractivity contribution is 5.18. The SMILES string of the molecule is N#Cc1ccc(CNC2CCCC(OCC(F)(F)F)C2)o1. The molecule has 7 heteroatoms. The summed E-state index contributed by atoms with van der Waals surface area (Å²) >= 11 is 0. The number of hydrogen-bond acceptors (Lipinski definition) is 4. The summed E-state index contributed by atoms with van der Waals surface area (Å²) in [6.07, 6.45) is -1.68. The first kappa shape index (κ1) is 15.9. The molecule has 0 spiro atoms. The van der Waals surface area contributed by atoms with Gasteiger partial charge in [-0.3, -0.25) is 0 Å². The first-order valence-electron chi connectivity index (χ1n) is 6.87. The van der Waals surface area contributed by atoms with Crippen LogP contribution in [-0.2, 0) is 11.3 Å². The van der Waals surface area contributed by atoms with Gasteiger partial charge in [0.05, 0.1) is 12.6 Å². The molecule has 1 aliphatic carbocycles. The van der Waals surface area contributed by atoms with Crippen LogP contribution in [0.15, 0.2) is 16.5 Å². The molecule has 0 amide bonds. The molecule has 1 saturated carbocycles. The topological polar surface area (TPSA) is 58.2 Å². The molecule has 2 atom stereocenters. The van der Waals surface area contributed by atoms with Crippen molar-refractivity contribution < 1.29 is 22.3 Å². The van der Waals surface area contributed by atoms with Crippen LogP contribution in [0.2, 0.25) is 0 Å². The third kappa shape index (κ3) is 5.40. The van der Waals surface area contributed by atoms with Gasteiger partial charge in [-0.05, 0) is 37.8 Å². The molecule has 2 rings (SSSR count). The Morgan fingerprint density at radius 3 is 2.86 bits per heavy atom. The van der Waals surface area contributed by atoms with Crippen LogP contribution in [0.3, 0.4) is 0 Å². The molecule has 2 unspecified atom stereocenters. The third-order valence-corrected chi connectivity index (χ3v) is 3.45. The Morgan fingerprint density at radius 2 is 2.19 bits per heavy atom. The van der Waals surface area contributed by atoms with Crippen molar-refractivity contribution in [3.8, 4) is 6.07 Å². The van der Waals surface area contributed by atoms with Gasteiger partial charge in [0.25, 0.3) is 0 Å². The van der Waals surface area contributed by atoms with Gasteiger partial charge in [0.1, 0.15) is 18.4 Å². The van der Waals surface area contributed by atoms with Crippen LogP contribution in [0.25, 0.3) is 0 Å². The standard InChI is InChI=1S/C14H17F3N2O2/c15-14(16,17)9-20-11-3-1-2-10(6-11)19-8-13-5-4-12(7-18)21-13/h4-5,10-11,19H,1-3,6,8-9H2. The summed E-state index contributed by atoms with van der Waals surface area (Å²) in [7, 11) is 0. The van der Waals surface area contributed by atoms with E-state index in [1.807, 2.05) is 6.07 Å². The molecule has 1 heterocycles. The van der Waals surface area contributed by atoms with Crippen molar-refractivity contribution in [2.75, 3.05) is 6.61 Å². The molecule has 1 aromatic rings. The van der Waals surface area contributed by atoms with E-state index < -0.39 is 12.8 Å². The van der Waals surface area contributed by atoms with E-state index in [4.69, 9.17) is 14.4 Å². The van der Waals surface area contributed by atoms with Gasteiger partial charge in [0.15, 0.2) is 0 Å². The average molecular weight is 302 g/mol. The highest BCUT2D eigenvalue weighted by atomic mass is 19.4. The molecule has 0 bridgehead atoms. The van der Waals surface area contributed by atoms with Crippen molar-refractivity contribution in [2.45, 2.75) is 50.6 Å². The Labute approximate surface area is 120 Å². The zero-order valence-electron chi connectivity index (χ0n) is 11.4. The Balaban J connectivity index is 1.75. The van der Waals surface area contributed by atoms with Gasteiger partial charge in [-0.2, -0.15) is 18.4 Å². The Bertz CT molecular complexity index is 493. The van der Waals surface area contributed by atoms with Gasteiger partial charge in [-0.1, -0.05) is 0 Å². The predicted octanol–water partition coefficient (Wildman–Crippen LogP) is 3.13. The van der Waals surface area contributed by atoms with E-state index in [2.05, 4.69) is 5.32 Å². The smallest absolute Gasteiger partial charge is 0.411 e. The second-order valence-corrected chi connectivity index (χ2v) is 5.17. The molecule has 21 heavy (non-hydrogen) atoms. The number of ether oxygens (including phenoxy) is 1. The molecular formula is C14H17F3N2O2. The van der Waals surface area contributed by atoms with Crippen molar-refractivity contribution >= 4 is 0 Å². The van der Waals surface area contributed by atoms with Crippen molar-refractivity contribution in [3.63, 3.8) is 0 Å². The summed E-state index contributed by atoms with van der Waals surface area (Å²) in [5, 5.41) is 11.9. The van der Waals surface area contributed by atoms with E-state index in [-0.39, 0.29) is 17.9 Å². The van der Waals surface area contributed by atoms with Crippen LogP contribution < -0.4 is 5.32 Å². The van der Waals surface area contributed by atoms with Gasteiger partial charge < -0.3 is 14.5 Å². The van der Waals surface area contributed by atoms with E-state index in [0.29, 0.717) is 25.1 Å². The number of halogens is 3. The lowest BCUT2D eigenvalue weighted by Crippen LogP contribution is -2.37. The van der Waals surface area contributed by atoms with Gasteiger partial charge >= 0.3 is 6.18 Å². The number of hydrogen-bond donors (Lipinski definition) is 1. The van der Waals surface area contributed by atoms with E-state index >= 15 is 0 Å². The maximum atomic E-state index is 12.1. The first-order valence-corrected chi connectivity index (χ1v) is 6.87. The third-order valence-electron chi connectivity index (χ3n) is 3.45. The average Bonchev–Trinajstić information content (AvgIpc) is 2.91. The molecule has 0 radical (unpaired) electrons. The Kier molecular flexibility index (Phi) is 5.26. The van der Waals surface area contributed by atoms with Crippen molar-refractivity contribution in [1.82, 2.24) is 5.32 Å². The van der Waals surface area contributed by atoms with Crippen molar-refractivity contribution in [2.24, 2.45) is 0 Å². The number of nitriles is 1. The largest absolute Gasteiger partial charge is 0.449 e. The molecule has 0 saturated heterocycles. The highest BCUT2D eigenvalue weighted by Gasteiger charge is 2.31. The number of furan rings is 1. The lowest BCUT2D eigenvalue weighted by atomic mass is 9.93. The van der Waals surface area contributed by atoms with Crippen LogP contribution >= 0.6 is 0 Å². The van der Waals surface area contributed by atoms with Gasteiger partial charge in [-0.15, -0.1) is 0 Å². The quantitative estimate of drug-likeness (QED) is 0.908. The second kappa shape index (κ2) is 6.96. The number of alkyl halides is 3. The fraction of sp³-hybridized carbons (Fsp3) is 0.643. The highest BCUT2D eigenvalue weighted by Crippen LogP contribution is 2.24. The molecular weight excluding hydrogens is 285 g/mol. The molecule has 1 fully saturated rings. The number of rotatable bonds is 5. The Hall–Kier alpha value is -1.52. The summed E-state index contributed by atoms with van der Waals surface area (Å²) in [6, 6.07) is 5.31. The van der Waals surface area contributed by atoms with Crippen molar-refractivity contribution in [3.05, 3.63) is 23.7 Å². The molecule has 1 N–H and O–H groups in total. The molecule has 1 aliphatic rings. The van der Waals surface area contributed by atoms with Crippen molar-refractivity contribution in [1.29, 1.82) is 5.26 Å². The molecule has 1 aromatic heterocycles. The Morgan fingerprint density at radius 1 is 1.38 bits per heavy atom.